The number of hydrogen-bond acceptors (Lipinski definition) is 2. The molecule has 0 aliphatic carbocycles. The van der Waals surface area contributed by atoms with E-state index in [0.717, 1.165) is 6.29 Å². The van der Waals surface area contributed by atoms with E-state index in [0.29, 0.717) is 4.48 Å². The summed E-state index contributed by atoms with van der Waals surface area (Å²) < 4.78 is 5.69. The highest BCUT2D eigenvalue weighted by Crippen LogP contribution is 2.07. The van der Waals surface area contributed by atoms with E-state index >= 15 is 0 Å². The van der Waals surface area contributed by atoms with Gasteiger partial charge in [0.05, 0.1) is 21.1 Å². The maximum absolute atomic E-state index is 10.7. The molecular weight excluding hydrogens is 178 g/mol. The lowest BCUT2D eigenvalue weighted by Crippen LogP contribution is -3.00. The molecule has 2 unspecified atom stereocenters. The van der Waals surface area contributed by atoms with Crippen LogP contribution in [0.4, 0.5) is 0 Å². The monoisotopic (exact) mass is 195 g/mol. The molecule has 12 heavy (non-hydrogen) atoms. The minimum atomic E-state index is -0.0833. The standard InChI is InChI=1S/C8H18NO2.ClH/c1-7(11-5)8(6-10)9(2,3)4;/h6-8H,1-5H3;1H/q+1;/p-1. The van der Waals surface area contributed by atoms with Crippen LogP contribution in [0.5, 0.6) is 0 Å². The summed E-state index contributed by atoms with van der Waals surface area (Å²) in [5.74, 6) is 0. The third kappa shape index (κ3) is 4.04. The number of methoxy groups -OCH3 is 1. The molecule has 2 atom stereocenters. The molecular formula is C8H18ClNO2. The number of nitrogens with zero attached hydrogens (tertiary/aromatic N) is 1. The zero-order chi connectivity index (χ0) is 9.07. The molecule has 0 aromatic heterocycles. The molecule has 0 fully saturated rings. The highest BCUT2D eigenvalue weighted by Gasteiger charge is 2.28. The topological polar surface area (TPSA) is 26.3 Å². The van der Waals surface area contributed by atoms with Crippen molar-refractivity contribution in [3.63, 3.8) is 0 Å². The number of likely N-dealkylation sites (N-methyl/N-ethyl adjacent to an activating group) is 1. The van der Waals surface area contributed by atoms with Gasteiger partial charge in [0.25, 0.3) is 0 Å². The van der Waals surface area contributed by atoms with Crippen LogP contribution in [-0.4, -0.2) is 51.2 Å². The van der Waals surface area contributed by atoms with E-state index in [9.17, 15) is 4.79 Å². The van der Waals surface area contributed by atoms with Crippen molar-refractivity contribution in [3.05, 3.63) is 0 Å². The second-order valence-electron chi connectivity index (χ2n) is 3.68. The van der Waals surface area contributed by atoms with Crippen LogP contribution in [0.2, 0.25) is 0 Å². The number of halogens is 1. The largest absolute Gasteiger partial charge is 1.00 e. The summed E-state index contributed by atoms with van der Waals surface area (Å²) in [5.41, 5.74) is 0. The van der Waals surface area contributed by atoms with E-state index in [4.69, 9.17) is 4.74 Å². The summed E-state index contributed by atoms with van der Waals surface area (Å²) >= 11 is 0. The predicted molar refractivity (Wildman–Crippen MR) is 44.4 cm³/mol. The minimum absolute atomic E-state index is 0. The first-order chi connectivity index (χ1) is 4.93. The van der Waals surface area contributed by atoms with E-state index in [1.807, 2.05) is 28.1 Å². The van der Waals surface area contributed by atoms with Gasteiger partial charge in [-0.2, -0.15) is 0 Å². The van der Waals surface area contributed by atoms with Gasteiger partial charge in [-0.25, -0.2) is 0 Å². The van der Waals surface area contributed by atoms with E-state index in [2.05, 4.69) is 0 Å². The smallest absolute Gasteiger partial charge is 0.179 e. The zero-order valence-electron chi connectivity index (χ0n) is 8.37. The Hall–Kier alpha value is -0.120. The fourth-order valence-electron chi connectivity index (χ4n) is 1.06. The molecule has 0 N–H and O–H groups in total. The van der Waals surface area contributed by atoms with Gasteiger partial charge in [-0.05, 0) is 6.92 Å². The number of aldehydes is 1. The lowest BCUT2D eigenvalue weighted by atomic mass is 10.1. The summed E-state index contributed by atoms with van der Waals surface area (Å²) in [7, 11) is 7.56. The highest BCUT2D eigenvalue weighted by atomic mass is 35.5. The average Bonchev–Trinajstić information content (AvgIpc) is 1.86. The first kappa shape index (κ1) is 14.4. The van der Waals surface area contributed by atoms with Crippen LogP contribution in [0, 0.1) is 0 Å². The van der Waals surface area contributed by atoms with Gasteiger partial charge in [0.15, 0.2) is 12.3 Å². The Morgan fingerprint density at radius 2 is 1.75 bits per heavy atom. The number of ether oxygens (including phenoxy) is 1. The molecule has 0 saturated heterocycles. The first-order valence-electron chi connectivity index (χ1n) is 3.72. The quantitative estimate of drug-likeness (QED) is 0.361. The Morgan fingerprint density at radius 1 is 1.33 bits per heavy atom. The van der Waals surface area contributed by atoms with Crippen LogP contribution in [0.1, 0.15) is 6.92 Å². The molecule has 0 aromatic carbocycles. The normalized spacial score (nSPS) is 16.1. The zero-order valence-corrected chi connectivity index (χ0v) is 9.13. The summed E-state index contributed by atoms with van der Waals surface area (Å²) in [4.78, 5) is 10.7. The van der Waals surface area contributed by atoms with E-state index in [1.165, 1.54) is 0 Å². The van der Waals surface area contributed by atoms with Gasteiger partial charge in [-0.1, -0.05) is 0 Å². The summed E-state index contributed by atoms with van der Waals surface area (Å²) in [6.45, 7) is 1.91. The number of rotatable bonds is 4. The molecule has 0 saturated carbocycles. The van der Waals surface area contributed by atoms with E-state index in [-0.39, 0.29) is 24.6 Å². The van der Waals surface area contributed by atoms with Crippen molar-refractivity contribution in [2.45, 2.75) is 19.1 Å². The number of carbonyl (C=O) groups excluding carboxylic acids is 1. The van der Waals surface area contributed by atoms with Crippen molar-refractivity contribution >= 4 is 6.29 Å². The van der Waals surface area contributed by atoms with Gasteiger partial charge >= 0.3 is 0 Å². The molecule has 0 spiro atoms. The molecule has 4 heteroatoms. The Kier molecular flexibility index (Phi) is 6.62. The van der Waals surface area contributed by atoms with Crippen molar-refractivity contribution < 1.29 is 26.4 Å². The number of carbonyl (C=O) groups is 1. The summed E-state index contributed by atoms with van der Waals surface area (Å²) in [6, 6.07) is -0.0833. The van der Waals surface area contributed by atoms with Crippen molar-refractivity contribution in [2.24, 2.45) is 0 Å². The lowest BCUT2D eigenvalue weighted by Gasteiger charge is -2.33. The Morgan fingerprint density at radius 3 is 1.83 bits per heavy atom. The molecule has 0 aromatic rings. The van der Waals surface area contributed by atoms with Crippen molar-refractivity contribution in [3.8, 4) is 0 Å². The maximum atomic E-state index is 10.7. The van der Waals surface area contributed by atoms with Crippen LogP contribution in [-0.2, 0) is 9.53 Å². The molecule has 74 valence electrons. The average molecular weight is 196 g/mol. The van der Waals surface area contributed by atoms with Crippen LogP contribution >= 0.6 is 0 Å². The van der Waals surface area contributed by atoms with E-state index in [1.54, 1.807) is 7.11 Å². The molecule has 0 heterocycles. The van der Waals surface area contributed by atoms with Gasteiger partial charge in [-0.3, -0.25) is 4.79 Å². The van der Waals surface area contributed by atoms with Gasteiger partial charge in [0.1, 0.15) is 6.10 Å². The molecule has 0 radical (unpaired) electrons. The molecule has 0 bridgehead atoms. The maximum Gasteiger partial charge on any atom is 0.179 e. The third-order valence-electron chi connectivity index (χ3n) is 1.89. The first-order valence-corrected chi connectivity index (χ1v) is 3.72. The van der Waals surface area contributed by atoms with Crippen molar-refractivity contribution in [1.82, 2.24) is 0 Å². The van der Waals surface area contributed by atoms with E-state index < -0.39 is 0 Å². The van der Waals surface area contributed by atoms with Crippen LogP contribution in [0.15, 0.2) is 0 Å². The van der Waals surface area contributed by atoms with Gasteiger partial charge in [0, 0.05) is 7.11 Å². The van der Waals surface area contributed by atoms with Crippen LogP contribution in [0.3, 0.4) is 0 Å². The van der Waals surface area contributed by atoms with Crippen molar-refractivity contribution in [1.29, 1.82) is 0 Å². The van der Waals surface area contributed by atoms with Crippen LogP contribution in [0.25, 0.3) is 0 Å². The molecule has 0 aliphatic heterocycles. The lowest BCUT2D eigenvalue weighted by molar-refractivity contribution is -0.888. The van der Waals surface area contributed by atoms with Gasteiger partial charge in [0.2, 0.25) is 0 Å². The SMILES string of the molecule is COC(C)C(C=O)[N+](C)(C)C.[Cl-]. The fraction of sp³-hybridized carbons (Fsp3) is 0.875. The Labute approximate surface area is 80.7 Å². The van der Waals surface area contributed by atoms with Gasteiger partial charge in [-0.15, -0.1) is 0 Å². The molecule has 3 nitrogen and oxygen atoms in total. The Bertz CT molecular complexity index is 134. The van der Waals surface area contributed by atoms with Crippen LogP contribution < -0.4 is 12.4 Å². The second kappa shape index (κ2) is 5.51. The fourth-order valence-corrected chi connectivity index (χ4v) is 1.06. The molecule has 0 amide bonds. The molecule has 0 aliphatic rings. The highest BCUT2D eigenvalue weighted by molar-refractivity contribution is 5.56. The van der Waals surface area contributed by atoms with Gasteiger partial charge < -0.3 is 21.6 Å². The second-order valence-corrected chi connectivity index (χ2v) is 3.68. The Balaban J connectivity index is 0. The summed E-state index contributed by atoms with van der Waals surface area (Å²) in [5, 5.41) is 0. The summed E-state index contributed by atoms with van der Waals surface area (Å²) in [6.07, 6.45) is 0.932. The molecule has 0 rings (SSSR count). The number of quaternary nitrogens is 1. The third-order valence-corrected chi connectivity index (χ3v) is 1.89. The minimum Gasteiger partial charge on any atom is -1.00 e. The number of hydrogen-bond donors (Lipinski definition) is 0. The predicted octanol–water partition coefficient (Wildman–Crippen LogP) is -2.70. The van der Waals surface area contributed by atoms with Crippen molar-refractivity contribution in [2.75, 3.05) is 28.3 Å².